The minimum absolute atomic E-state index is 0.157. The van der Waals surface area contributed by atoms with E-state index in [4.69, 9.17) is 0 Å². The van der Waals surface area contributed by atoms with Crippen molar-refractivity contribution < 1.29 is 13.2 Å². The number of piperazine rings is 4. The number of sulfonamides is 1. The molecule has 8 rings (SSSR count). The molecule has 8 saturated heterocycles. The fraction of sp³-hybridized carbons (Fsp3) is 0.974. The van der Waals surface area contributed by atoms with Gasteiger partial charge in [0, 0.05) is 174 Å². The molecule has 8 aliphatic heterocycles. The third kappa shape index (κ3) is 13.5. The maximum atomic E-state index is 11.4. The van der Waals surface area contributed by atoms with Crippen LogP contribution in [0.3, 0.4) is 0 Å². The Morgan fingerprint density at radius 3 is 1.55 bits per heavy atom. The van der Waals surface area contributed by atoms with Crippen molar-refractivity contribution in [2.75, 3.05) is 153 Å². The molecule has 0 aliphatic carbocycles. The van der Waals surface area contributed by atoms with Crippen LogP contribution in [0.25, 0.3) is 0 Å². The van der Waals surface area contributed by atoms with Gasteiger partial charge in [-0.25, -0.2) is 12.7 Å². The number of rotatable bonds is 5. The van der Waals surface area contributed by atoms with Crippen LogP contribution in [0.2, 0.25) is 0 Å². The quantitative estimate of drug-likeness (QED) is 0.263. The second kappa shape index (κ2) is 22.4. The van der Waals surface area contributed by atoms with Gasteiger partial charge in [-0.15, -0.1) is 0 Å². The summed E-state index contributed by atoms with van der Waals surface area (Å²) in [6, 6.07) is 4.91. The Morgan fingerprint density at radius 2 is 1.09 bits per heavy atom. The van der Waals surface area contributed by atoms with Gasteiger partial charge in [0.2, 0.25) is 15.9 Å². The van der Waals surface area contributed by atoms with Gasteiger partial charge < -0.3 is 36.0 Å². The number of hydrogen-bond donors (Lipinski definition) is 4. The van der Waals surface area contributed by atoms with Crippen LogP contribution in [-0.4, -0.2) is 255 Å². The van der Waals surface area contributed by atoms with Crippen LogP contribution in [0, 0.1) is 0 Å². The van der Waals surface area contributed by atoms with E-state index < -0.39 is 10.0 Å². The van der Waals surface area contributed by atoms with Crippen LogP contribution in [0.5, 0.6) is 0 Å². The second-order valence-electron chi connectivity index (χ2n) is 17.2. The van der Waals surface area contributed by atoms with Gasteiger partial charge in [0.1, 0.15) is 0 Å². The molecule has 0 aromatic rings. The summed E-state index contributed by atoms with van der Waals surface area (Å²) in [4.78, 5) is 28.1. The highest BCUT2D eigenvalue weighted by molar-refractivity contribution is 7.88. The molecule has 8 unspecified atom stereocenters. The lowest BCUT2D eigenvalue weighted by Crippen LogP contribution is -2.48. The third-order valence-corrected chi connectivity index (χ3v) is 14.8. The Balaban J connectivity index is 0.000000161. The van der Waals surface area contributed by atoms with Crippen molar-refractivity contribution in [1.82, 2.24) is 59.9 Å². The zero-order valence-corrected chi connectivity index (χ0v) is 37.3. The van der Waals surface area contributed by atoms with Crippen LogP contribution in [-0.2, 0) is 14.8 Å². The molecule has 0 spiro atoms. The molecule has 8 fully saturated rings. The van der Waals surface area contributed by atoms with E-state index in [9.17, 15) is 13.2 Å². The summed E-state index contributed by atoms with van der Waals surface area (Å²) in [7, 11) is 9.24. The highest BCUT2D eigenvalue weighted by atomic mass is 32.2. The lowest BCUT2D eigenvalue weighted by atomic mass is 10.1. The van der Waals surface area contributed by atoms with Gasteiger partial charge >= 0.3 is 0 Å². The third-order valence-electron chi connectivity index (χ3n) is 13.4. The van der Waals surface area contributed by atoms with Gasteiger partial charge in [-0.1, -0.05) is 13.8 Å². The molecule has 55 heavy (non-hydrogen) atoms. The van der Waals surface area contributed by atoms with Crippen molar-refractivity contribution in [2.45, 2.75) is 94.8 Å². The zero-order valence-electron chi connectivity index (χ0n) is 36.5. The van der Waals surface area contributed by atoms with E-state index in [-0.39, 0.29) is 11.9 Å². The molecule has 0 saturated carbocycles. The maximum absolute atomic E-state index is 11.4. The summed E-state index contributed by atoms with van der Waals surface area (Å²) >= 11 is 0. The molecule has 8 aliphatic rings. The molecule has 0 radical (unpaired) electrons. The second-order valence-corrected chi connectivity index (χ2v) is 19.3. The Labute approximate surface area is 336 Å². The normalized spacial score (nSPS) is 34.0. The molecule has 16 heteroatoms. The van der Waals surface area contributed by atoms with Crippen molar-refractivity contribution in [3.05, 3.63) is 0 Å². The van der Waals surface area contributed by atoms with Crippen LogP contribution in [0.15, 0.2) is 0 Å². The van der Waals surface area contributed by atoms with E-state index >= 15 is 0 Å². The first kappa shape index (κ1) is 46.7. The minimum atomic E-state index is -3.04. The number of likely N-dealkylation sites (N-methyl/N-ethyl adjacent to an activating group) is 5. The van der Waals surface area contributed by atoms with Crippen molar-refractivity contribution >= 4 is 15.9 Å². The molecule has 1 amide bonds. The average Bonchev–Trinajstić information content (AvgIpc) is 3.99. The predicted octanol–water partition coefficient (Wildman–Crippen LogP) is -1.35. The van der Waals surface area contributed by atoms with Crippen molar-refractivity contribution in [2.24, 2.45) is 0 Å². The van der Waals surface area contributed by atoms with Crippen LogP contribution in [0.1, 0.15) is 46.5 Å². The summed E-state index contributed by atoms with van der Waals surface area (Å²) in [5.41, 5.74) is 0. The van der Waals surface area contributed by atoms with Crippen molar-refractivity contribution in [1.29, 1.82) is 0 Å². The van der Waals surface area contributed by atoms with Gasteiger partial charge in [-0.2, -0.15) is 0 Å². The lowest BCUT2D eigenvalue weighted by molar-refractivity contribution is -0.129. The molecule has 4 N–H and O–H groups in total. The number of amides is 1. The van der Waals surface area contributed by atoms with E-state index in [1.54, 1.807) is 14.0 Å². The summed E-state index contributed by atoms with van der Waals surface area (Å²) in [6.07, 6.45) is 6.04. The SMILES string of the molecule is CC.CC(=O)N(C)C1CC2CNCCN2C1.CN(C)C1CC2CNCCN2C1.CN(C1CC2CNCCN2C1)S(C)(=O)=O.CNC1CC2CN(C)CCN2C1. The Bertz CT molecular complexity index is 1210. The number of fused-ring (bicyclic) bond motifs is 4. The number of hydrogen-bond acceptors (Lipinski definition) is 13. The number of carbonyl (C=O) groups is 1. The largest absolute Gasteiger partial charge is 0.342 e. The highest BCUT2D eigenvalue weighted by Crippen LogP contribution is 2.25. The topological polar surface area (TPSA) is 125 Å². The summed E-state index contributed by atoms with van der Waals surface area (Å²) in [5.74, 6) is 0.183. The minimum Gasteiger partial charge on any atom is -0.342 e. The first-order valence-electron chi connectivity index (χ1n) is 21.5. The van der Waals surface area contributed by atoms with Gasteiger partial charge in [-0.05, 0) is 53.9 Å². The standard InChI is InChI=1S/C10H19N3O.C9H19N3O2S.2C9H19N3.C2H6/c1-8(14)12(2)10-5-9-6-11-3-4-13(9)7-10;1-11(15(2,13)14)9-5-8-6-10-3-4-12(8)7-9;1-11(2)9-5-8-6-10-3-4-12(8)7-9;1-10-8-5-9-7-11(2)3-4-12(9)6-8;1-2/h9-11H,3-7H2,1-2H3;8-10H,3-7H2,1-2H3;2*8-10H,3-7H2,1-2H3;1-2H3. The van der Waals surface area contributed by atoms with E-state index in [0.717, 1.165) is 89.4 Å². The van der Waals surface area contributed by atoms with Gasteiger partial charge in [0.05, 0.1) is 6.26 Å². The average molecular weight is 799 g/mol. The molecule has 0 bridgehead atoms. The zero-order chi connectivity index (χ0) is 40.3. The Hall–Kier alpha value is -1.02. The monoisotopic (exact) mass is 799 g/mol. The first-order chi connectivity index (χ1) is 26.2. The van der Waals surface area contributed by atoms with Gasteiger partial charge in [-0.3, -0.25) is 24.4 Å². The first-order valence-corrected chi connectivity index (χ1v) is 23.3. The van der Waals surface area contributed by atoms with Crippen molar-refractivity contribution in [3.8, 4) is 0 Å². The summed E-state index contributed by atoms with van der Waals surface area (Å²) in [5, 5.41) is 13.6. The van der Waals surface area contributed by atoms with E-state index in [2.05, 4.69) is 78.9 Å². The molecular weight excluding hydrogens is 717 g/mol. The molecule has 8 atom stereocenters. The van der Waals surface area contributed by atoms with Crippen LogP contribution >= 0.6 is 0 Å². The Kier molecular flexibility index (Phi) is 19.0. The number of nitrogens with one attached hydrogen (secondary N) is 4. The number of nitrogens with zero attached hydrogens (tertiary/aromatic N) is 8. The van der Waals surface area contributed by atoms with Crippen LogP contribution in [0.4, 0.5) is 0 Å². The molecule has 8 heterocycles. The molecule has 15 nitrogen and oxygen atoms in total. The smallest absolute Gasteiger partial charge is 0.219 e. The molecular formula is C39H82N12O3S. The van der Waals surface area contributed by atoms with Gasteiger partial charge in [0.25, 0.3) is 0 Å². The fourth-order valence-corrected chi connectivity index (χ4v) is 10.4. The van der Waals surface area contributed by atoms with Crippen LogP contribution < -0.4 is 21.3 Å². The van der Waals surface area contributed by atoms with Crippen molar-refractivity contribution in [3.63, 3.8) is 0 Å². The molecule has 322 valence electrons. The molecule has 0 aromatic carbocycles. The van der Waals surface area contributed by atoms with Gasteiger partial charge in [0.15, 0.2) is 0 Å². The van der Waals surface area contributed by atoms with E-state index in [1.807, 2.05) is 25.8 Å². The highest BCUT2D eigenvalue weighted by Gasteiger charge is 2.39. The van der Waals surface area contributed by atoms with E-state index in [0.29, 0.717) is 18.1 Å². The Morgan fingerprint density at radius 1 is 0.636 bits per heavy atom. The fourth-order valence-electron chi connectivity index (χ4n) is 9.66. The summed E-state index contributed by atoms with van der Waals surface area (Å²) in [6.45, 7) is 23.9. The number of carbonyl (C=O) groups excluding carboxylic acids is 1. The summed E-state index contributed by atoms with van der Waals surface area (Å²) < 4.78 is 24.4. The maximum Gasteiger partial charge on any atom is 0.219 e. The predicted molar refractivity (Wildman–Crippen MR) is 226 cm³/mol. The lowest BCUT2D eigenvalue weighted by Gasteiger charge is -2.35. The van der Waals surface area contributed by atoms with E-state index in [1.165, 1.54) is 75.8 Å². The molecule has 0 aromatic heterocycles.